The second-order valence-electron chi connectivity index (χ2n) is 9.16. The number of nitro groups is 1. The minimum Gasteiger partial charge on any atom is -0.368 e. The van der Waals surface area contributed by atoms with Crippen molar-refractivity contribution in [2.24, 2.45) is 5.92 Å². The summed E-state index contributed by atoms with van der Waals surface area (Å²) in [6.45, 7) is 3.24. The third-order valence-electron chi connectivity index (χ3n) is 7.32. The summed E-state index contributed by atoms with van der Waals surface area (Å²) in [4.78, 5) is 27.7. The summed E-state index contributed by atoms with van der Waals surface area (Å²) in [7, 11) is 0. The number of Topliss-reactive ketones (excluding diaryl/α,β-unsaturated/α-hetero) is 1. The van der Waals surface area contributed by atoms with Crippen LogP contribution >= 0.6 is 12.2 Å². The van der Waals surface area contributed by atoms with Crippen LogP contribution in [-0.4, -0.2) is 52.4 Å². The van der Waals surface area contributed by atoms with Crippen molar-refractivity contribution in [2.45, 2.75) is 63.3 Å². The molecular weight excluding hydrogens is 412 g/mol. The smallest absolute Gasteiger partial charge is 0.269 e. The lowest BCUT2D eigenvalue weighted by Crippen LogP contribution is -2.62. The molecule has 1 aliphatic heterocycles. The molecule has 3 aliphatic rings. The molecule has 0 bridgehead atoms. The lowest BCUT2D eigenvalue weighted by atomic mass is 9.67. The fourth-order valence-electron chi connectivity index (χ4n) is 5.56. The van der Waals surface area contributed by atoms with Gasteiger partial charge in [0.15, 0.2) is 5.11 Å². The average molecular weight is 445 g/mol. The normalized spacial score (nSPS) is 24.0. The number of piperazine rings is 1. The fraction of sp³-hybridized carbons (Fsp3) is 0.652. The Bertz CT molecular complexity index is 815. The molecule has 1 atom stereocenters. The Morgan fingerprint density at radius 1 is 1.03 bits per heavy atom. The van der Waals surface area contributed by atoms with Gasteiger partial charge in [-0.2, -0.15) is 0 Å². The summed E-state index contributed by atoms with van der Waals surface area (Å²) < 4.78 is 0. The molecule has 1 unspecified atom stereocenters. The maximum atomic E-state index is 12.8. The van der Waals surface area contributed by atoms with E-state index in [1.54, 1.807) is 12.1 Å². The highest BCUT2D eigenvalue weighted by Gasteiger charge is 2.45. The minimum absolute atomic E-state index is 0.0981. The van der Waals surface area contributed by atoms with E-state index in [0.717, 1.165) is 88.3 Å². The predicted octanol–water partition coefficient (Wildman–Crippen LogP) is 4.05. The first kappa shape index (κ1) is 22.0. The van der Waals surface area contributed by atoms with Gasteiger partial charge in [0.1, 0.15) is 5.78 Å². The number of nitro benzene ring substituents is 1. The van der Waals surface area contributed by atoms with Gasteiger partial charge in [-0.3, -0.25) is 14.9 Å². The van der Waals surface area contributed by atoms with Gasteiger partial charge in [0.05, 0.1) is 4.92 Å². The van der Waals surface area contributed by atoms with Crippen LogP contribution in [-0.2, 0) is 4.79 Å². The van der Waals surface area contributed by atoms with Crippen molar-refractivity contribution in [3.63, 3.8) is 0 Å². The summed E-state index contributed by atoms with van der Waals surface area (Å²) in [6.07, 6.45) is 9.50. The van der Waals surface area contributed by atoms with E-state index in [1.165, 1.54) is 6.42 Å². The topological polar surface area (TPSA) is 78.7 Å². The van der Waals surface area contributed by atoms with Crippen LogP contribution in [0.25, 0.3) is 0 Å². The number of nitrogens with zero attached hydrogens (tertiary/aromatic N) is 3. The zero-order valence-electron chi connectivity index (χ0n) is 18.1. The quantitative estimate of drug-likeness (QED) is 0.426. The molecule has 1 heterocycles. The van der Waals surface area contributed by atoms with Crippen molar-refractivity contribution in [3.05, 3.63) is 34.4 Å². The summed E-state index contributed by atoms with van der Waals surface area (Å²) in [5.74, 6) is 0.521. The molecule has 1 aromatic carbocycles. The molecule has 7 nitrogen and oxygen atoms in total. The van der Waals surface area contributed by atoms with Crippen LogP contribution in [0.3, 0.4) is 0 Å². The third kappa shape index (κ3) is 4.84. The summed E-state index contributed by atoms with van der Waals surface area (Å²) in [5.41, 5.74) is 0.950. The summed E-state index contributed by atoms with van der Waals surface area (Å²) >= 11 is 5.85. The Labute approximate surface area is 189 Å². The molecule has 0 aromatic heterocycles. The average Bonchev–Trinajstić information content (AvgIpc) is 2.80. The fourth-order valence-corrected chi connectivity index (χ4v) is 5.94. The van der Waals surface area contributed by atoms with Crippen LogP contribution in [0.2, 0.25) is 0 Å². The van der Waals surface area contributed by atoms with E-state index in [9.17, 15) is 14.9 Å². The molecule has 31 heavy (non-hydrogen) atoms. The first-order valence-electron chi connectivity index (χ1n) is 11.6. The highest BCUT2D eigenvalue weighted by Crippen LogP contribution is 2.40. The zero-order valence-corrected chi connectivity index (χ0v) is 18.9. The van der Waals surface area contributed by atoms with Crippen molar-refractivity contribution in [1.29, 1.82) is 0 Å². The number of carbonyl (C=O) groups excluding carboxylic acids is 1. The number of hydrogen-bond donors (Lipinski definition) is 1. The van der Waals surface area contributed by atoms with E-state index in [0.29, 0.717) is 5.78 Å². The summed E-state index contributed by atoms with van der Waals surface area (Å²) in [5, 5.41) is 15.4. The largest absolute Gasteiger partial charge is 0.368 e. The second-order valence-corrected chi connectivity index (χ2v) is 9.55. The number of nitrogens with one attached hydrogen (secondary N) is 1. The van der Waals surface area contributed by atoms with Gasteiger partial charge < -0.3 is 15.1 Å². The predicted molar refractivity (Wildman–Crippen MR) is 125 cm³/mol. The van der Waals surface area contributed by atoms with E-state index in [1.807, 2.05) is 12.1 Å². The lowest BCUT2D eigenvalue weighted by Gasteiger charge is -2.47. The van der Waals surface area contributed by atoms with E-state index < -0.39 is 0 Å². The zero-order chi connectivity index (χ0) is 21.8. The molecular formula is C23H32N4O3S. The van der Waals surface area contributed by atoms with E-state index in [2.05, 4.69) is 15.1 Å². The Kier molecular flexibility index (Phi) is 6.74. The molecule has 4 rings (SSSR count). The minimum atomic E-state index is -0.371. The number of carbonyl (C=O) groups is 1. The SMILES string of the molecule is O=C1CCCCC1C1(NC(=S)N2CCN(c3ccc([N+](=O)[O-])cc3)CC2)CCCCC1. The van der Waals surface area contributed by atoms with Gasteiger partial charge in [-0.1, -0.05) is 25.7 Å². The highest BCUT2D eigenvalue weighted by molar-refractivity contribution is 7.80. The molecule has 0 amide bonds. The third-order valence-corrected chi connectivity index (χ3v) is 7.68. The number of ketones is 1. The maximum absolute atomic E-state index is 12.8. The van der Waals surface area contributed by atoms with Crippen LogP contribution in [0, 0.1) is 16.0 Å². The van der Waals surface area contributed by atoms with Gasteiger partial charge in [0, 0.05) is 61.9 Å². The van der Waals surface area contributed by atoms with Crippen molar-refractivity contribution in [1.82, 2.24) is 10.2 Å². The number of benzene rings is 1. The highest BCUT2D eigenvalue weighted by atomic mass is 32.1. The van der Waals surface area contributed by atoms with Gasteiger partial charge >= 0.3 is 0 Å². The second kappa shape index (κ2) is 9.51. The van der Waals surface area contributed by atoms with Gasteiger partial charge in [0.25, 0.3) is 5.69 Å². The van der Waals surface area contributed by atoms with Crippen molar-refractivity contribution < 1.29 is 9.72 Å². The molecule has 0 spiro atoms. The van der Waals surface area contributed by atoms with Gasteiger partial charge in [0.2, 0.25) is 0 Å². The van der Waals surface area contributed by atoms with Crippen molar-refractivity contribution in [3.8, 4) is 0 Å². The molecule has 1 N–H and O–H groups in total. The van der Waals surface area contributed by atoms with Gasteiger partial charge in [-0.25, -0.2) is 0 Å². The van der Waals surface area contributed by atoms with E-state index in [4.69, 9.17) is 12.2 Å². The number of non-ortho nitro benzene ring substituents is 1. The number of thiocarbonyl (C=S) groups is 1. The molecule has 1 aromatic rings. The van der Waals surface area contributed by atoms with Crippen molar-refractivity contribution >= 4 is 34.5 Å². The molecule has 3 fully saturated rings. The molecule has 2 aliphatic carbocycles. The number of anilines is 1. The first-order chi connectivity index (χ1) is 15.0. The Balaban J connectivity index is 1.38. The van der Waals surface area contributed by atoms with E-state index in [-0.39, 0.29) is 22.1 Å². The van der Waals surface area contributed by atoms with Crippen LogP contribution < -0.4 is 10.2 Å². The van der Waals surface area contributed by atoms with Crippen LogP contribution in [0.15, 0.2) is 24.3 Å². The molecule has 1 saturated heterocycles. The maximum Gasteiger partial charge on any atom is 0.269 e. The monoisotopic (exact) mass is 444 g/mol. The molecule has 168 valence electrons. The first-order valence-corrected chi connectivity index (χ1v) is 12.0. The summed E-state index contributed by atoms with van der Waals surface area (Å²) in [6, 6.07) is 6.75. The lowest BCUT2D eigenvalue weighted by molar-refractivity contribution is -0.384. The van der Waals surface area contributed by atoms with Crippen LogP contribution in [0.4, 0.5) is 11.4 Å². The molecule has 8 heteroatoms. The van der Waals surface area contributed by atoms with Crippen molar-refractivity contribution in [2.75, 3.05) is 31.1 Å². The molecule has 0 radical (unpaired) electrons. The molecule has 2 saturated carbocycles. The van der Waals surface area contributed by atoms with Crippen LogP contribution in [0.1, 0.15) is 57.8 Å². The standard InChI is InChI=1S/C23H32N4O3S/c28-21-7-3-2-6-20(21)23(12-4-1-5-13-23)24-22(31)26-16-14-25(15-17-26)18-8-10-19(11-9-18)27(29)30/h8-11,20H,1-7,12-17H2,(H,24,31). The Hall–Kier alpha value is -2.22. The van der Waals surface area contributed by atoms with E-state index >= 15 is 0 Å². The Morgan fingerprint density at radius 3 is 2.32 bits per heavy atom. The van der Waals surface area contributed by atoms with Crippen LogP contribution in [0.5, 0.6) is 0 Å². The van der Waals surface area contributed by atoms with Gasteiger partial charge in [-0.15, -0.1) is 0 Å². The number of hydrogen-bond acceptors (Lipinski definition) is 5. The number of rotatable bonds is 4. The Morgan fingerprint density at radius 2 is 1.71 bits per heavy atom. The van der Waals surface area contributed by atoms with Gasteiger partial charge in [-0.05, 0) is 50.0 Å².